The molecule has 0 aliphatic carbocycles. The second-order valence-corrected chi connectivity index (χ2v) is 1.32. The van der Waals surface area contributed by atoms with Gasteiger partial charge < -0.3 is 10.7 Å². The second-order valence-electron chi connectivity index (χ2n) is 1.32. The van der Waals surface area contributed by atoms with Gasteiger partial charge in [0.25, 0.3) is 0 Å². The maximum absolute atomic E-state index is 10.2. The molecule has 4 nitrogen and oxygen atoms in total. The number of nitrogens with zero attached hydrogens (tertiary/aromatic N) is 1. The van der Waals surface area contributed by atoms with E-state index in [9.17, 15) is 4.79 Å². The number of anilines is 1. The summed E-state index contributed by atoms with van der Waals surface area (Å²) < 4.78 is 0. The maximum Gasteiger partial charge on any atom is 0.346 e. The Bertz CT molecular complexity index is 263. The molecule has 0 amide bonds. The lowest BCUT2D eigenvalue weighted by Crippen LogP contribution is -2.10. The molecule has 0 aromatic carbocycles. The number of hydrogen-bond acceptors (Lipinski definition) is 3. The molecular weight excluding hydrogens is 130 g/mol. The van der Waals surface area contributed by atoms with Crippen LogP contribution < -0.4 is 11.4 Å². The van der Waals surface area contributed by atoms with E-state index in [-0.39, 0.29) is 5.82 Å². The molecule has 0 aliphatic rings. The van der Waals surface area contributed by atoms with Crippen molar-refractivity contribution in [1.29, 1.82) is 0 Å². The van der Waals surface area contributed by atoms with Crippen LogP contribution in [0.15, 0.2) is 17.1 Å². The van der Waals surface area contributed by atoms with Gasteiger partial charge in [0.1, 0.15) is 5.82 Å². The Balaban J connectivity index is 0.000000371. The van der Waals surface area contributed by atoms with Crippen LogP contribution in [0.3, 0.4) is 0 Å². The number of nitrogens with two attached hydrogens (primary N) is 1. The Kier molecular flexibility index (Phi) is 3.42. The Morgan fingerprint density at radius 3 is 2.50 bits per heavy atom. The molecule has 0 saturated carbocycles. The Hall–Kier alpha value is -1.76. The van der Waals surface area contributed by atoms with Gasteiger partial charge in [0.15, 0.2) is 0 Å². The van der Waals surface area contributed by atoms with Gasteiger partial charge in [-0.1, -0.05) is 0 Å². The first-order valence-electron chi connectivity index (χ1n) is 2.43. The predicted octanol–water partition coefficient (Wildman–Crippen LogP) is -0.399. The summed E-state index contributed by atoms with van der Waals surface area (Å²) in [6, 6.07) is 1.52. The number of hydrogen-bond donors (Lipinski definition) is 2. The molecule has 0 spiro atoms. The molecule has 0 fully saturated rings. The van der Waals surface area contributed by atoms with Crippen LogP contribution in [-0.4, -0.2) is 9.97 Å². The van der Waals surface area contributed by atoms with Crippen LogP contribution in [0.2, 0.25) is 0 Å². The molecule has 1 aromatic rings. The van der Waals surface area contributed by atoms with Crippen molar-refractivity contribution in [3.8, 4) is 12.8 Å². The van der Waals surface area contributed by atoms with E-state index in [0.29, 0.717) is 0 Å². The van der Waals surface area contributed by atoms with Crippen molar-refractivity contribution in [2.75, 3.05) is 5.73 Å². The highest BCUT2D eigenvalue weighted by atomic mass is 16.1. The minimum atomic E-state index is -0.412. The molecule has 1 aromatic heterocycles. The molecule has 52 valence electrons. The van der Waals surface area contributed by atoms with E-state index in [1.807, 2.05) is 0 Å². The third-order valence-electron chi connectivity index (χ3n) is 0.692. The van der Waals surface area contributed by atoms with E-state index in [1.54, 1.807) is 0 Å². The summed E-state index contributed by atoms with van der Waals surface area (Å²) in [5, 5.41) is 0. The highest BCUT2D eigenvalue weighted by Gasteiger charge is 1.81. The number of aromatic nitrogens is 2. The Morgan fingerprint density at radius 2 is 2.20 bits per heavy atom. The van der Waals surface area contributed by atoms with Gasteiger partial charge in [-0.3, -0.25) is 0 Å². The van der Waals surface area contributed by atoms with Crippen molar-refractivity contribution >= 4 is 5.82 Å². The molecule has 0 bridgehead atoms. The largest absolute Gasteiger partial charge is 0.383 e. The number of nitrogen functional groups attached to an aromatic ring is 1. The van der Waals surface area contributed by atoms with Crippen LogP contribution in [0.25, 0.3) is 0 Å². The summed E-state index contributed by atoms with van der Waals surface area (Å²) in [5.74, 6) is 0.244. The van der Waals surface area contributed by atoms with Crippen LogP contribution >= 0.6 is 0 Å². The number of H-pyrrole nitrogens is 1. The van der Waals surface area contributed by atoms with Gasteiger partial charge in [-0.15, -0.1) is 12.8 Å². The highest BCUT2D eigenvalue weighted by molar-refractivity contribution is 5.22. The van der Waals surface area contributed by atoms with E-state index in [4.69, 9.17) is 5.73 Å². The average molecular weight is 137 g/mol. The summed E-state index contributed by atoms with van der Waals surface area (Å²) in [6.45, 7) is 0. The summed E-state index contributed by atoms with van der Waals surface area (Å²) in [6.07, 6.45) is 9.45. The van der Waals surface area contributed by atoms with Gasteiger partial charge in [0.05, 0.1) is 0 Å². The molecule has 1 heterocycles. The second kappa shape index (κ2) is 4.15. The quantitative estimate of drug-likeness (QED) is 0.478. The van der Waals surface area contributed by atoms with Crippen LogP contribution in [0.5, 0.6) is 0 Å². The predicted molar refractivity (Wildman–Crippen MR) is 39.2 cm³/mol. The third-order valence-corrected chi connectivity index (χ3v) is 0.692. The summed E-state index contributed by atoms with van der Waals surface area (Å²) in [4.78, 5) is 15.9. The lowest BCUT2D eigenvalue weighted by atomic mass is 10.6. The van der Waals surface area contributed by atoms with Crippen LogP contribution in [0.1, 0.15) is 0 Å². The average Bonchev–Trinajstić information content (AvgIpc) is 1.91. The van der Waals surface area contributed by atoms with E-state index in [1.165, 1.54) is 12.3 Å². The number of aromatic amines is 1. The van der Waals surface area contributed by atoms with Crippen molar-refractivity contribution in [2.45, 2.75) is 0 Å². The topological polar surface area (TPSA) is 71.8 Å². The van der Waals surface area contributed by atoms with Crippen LogP contribution in [0, 0.1) is 12.8 Å². The Labute approximate surface area is 58.1 Å². The number of terminal acetylenes is 1. The molecule has 0 radical (unpaired) electrons. The standard InChI is InChI=1S/C4H5N3O.C2H2/c5-3-1-2-6-4(8)7-3;1-2/h1-2H,(H3,5,6,7,8);1-2H. The van der Waals surface area contributed by atoms with Gasteiger partial charge in [-0.2, -0.15) is 4.98 Å². The molecule has 0 atom stereocenters. The fourth-order valence-electron chi connectivity index (χ4n) is 0.385. The molecule has 4 heteroatoms. The summed E-state index contributed by atoms with van der Waals surface area (Å²) >= 11 is 0. The van der Waals surface area contributed by atoms with E-state index in [2.05, 4.69) is 22.8 Å². The van der Waals surface area contributed by atoms with Gasteiger partial charge >= 0.3 is 5.69 Å². The minimum absolute atomic E-state index is 0.244. The first kappa shape index (κ1) is 8.24. The molecule has 0 saturated heterocycles. The zero-order valence-electron chi connectivity index (χ0n) is 5.24. The highest BCUT2D eigenvalue weighted by Crippen LogP contribution is 1.82. The molecule has 3 N–H and O–H groups in total. The zero-order valence-corrected chi connectivity index (χ0v) is 5.24. The van der Waals surface area contributed by atoms with Crippen molar-refractivity contribution in [1.82, 2.24) is 9.97 Å². The van der Waals surface area contributed by atoms with Crippen molar-refractivity contribution in [3.63, 3.8) is 0 Å². The number of rotatable bonds is 0. The first-order valence-corrected chi connectivity index (χ1v) is 2.43. The van der Waals surface area contributed by atoms with Crippen LogP contribution in [-0.2, 0) is 0 Å². The fourth-order valence-corrected chi connectivity index (χ4v) is 0.385. The normalized spacial score (nSPS) is 7.40. The number of nitrogens with one attached hydrogen (secondary N) is 1. The van der Waals surface area contributed by atoms with E-state index in [0.717, 1.165) is 0 Å². The lowest BCUT2D eigenvalue weighted by molar-refractivity contribution is 1.08. The van der Waals surface area contributed by atoms with Gasteiger partial charge in [-0.05, 0) is 6.07 Å². The molecule has 0 unspecified atom stereocenters. The van der Waals surface area contributed by atoms with Gasteiger partial charge in [0, 0.05) is 6.20 Å². The molecule has 0 aliphatic heterocycles. The molecule has 1 rings (SSSR count). The molecular formula is C6H7N3O. The van der Waals surface area contributed by atoms with Crippen LogP contribution in [0.4, 0.5) is 5.82 Å². The van der Waals surface area contributed by atoms with Gasteiger partial charge in [-0.25, -0.2) is 4.79 Å². The lowest BCUT2D eigenvalue weighted by Gasteiger charge is -1.83. The van der Waals surface area contributed by atoms with Crippen molar-refractivity contribution in [3.05, 3.63) is 22.7 Å². The summed E-state index contributed by atoms with van der Waals surface area (Å²) in [7, 11) is 0. The first-order chi connectivity index (χ1) is 4.79. The molecule has 10 heavy (non-hydrogen) atoms. The third kappa shape index (κ3) is 2.52. The van der Waals surface area contributed by atoms with Crippen molar-refractivity contribution < 1.29 is 0 Å². The van der Waals surface area contributed by atoms with E-state index >= 15 is 0 Å². The van der Waals surface area contributed by atoms with Gasteiger partial charge in [0.2, 0.25) is 0 Å². The van der Waals surface area contributed by atoms with Crippen molar-refractivity contribution in [2.24, 2.45) is 0 Å². The zero-order chi connectivity index (χ0) is 7.98. The van der Waals surface area contributed by atoms with E-state index < -0.39 is 5.69 Å². The SMILES string of the molecule is C#C.Nc1cc[nH]c(=O)n1. The maximum atomic E-state index is 10.2. The summed E-state index contributed by atoms with van der Waals surface area (Å²) in [5.41, 5.74) is 4.72. The monoisotopic (exact) mass is 137 g/mol. The smallest absolute Gasteiger partial charge is 0.346 e. The minimum Gasteiger partial charge on any atom is -0.383 e. The Morgan fingerprint density at radius 1 is 1.60 bits per heavy atom. The fraction of sp³-hybridized carbons (Fsp3) is 0.